The van der Waals surface area contributed by atoms with Gasteiger partial charge in [-0.15, -0.1) is 11.3 Å². The molecule has 0 atom stereocenters. The van der Waals surface area contributed by atoms with Crippen LogP contribution in [0.2, 0.25) is 0 Å². The van der Waals surface area contributed by atoms with Crippen molar-refractivity contribution in [2.75, 3.05) is 0 Å². The summed E-state index contributed by atoms with van der Waals surface area (Å²) >= 11 is 1.21. The van der Waals surface area contributed by atoms with E-state index in [4.69, 9.17) is 5.26 Å². The van der Waals surface area contributed by atoms with Crippen molar-refractivity contribution in [3.8, 4) is 6.07 Å². The molecule has 2 heterocycles. The Morgan fingerprint density at radius 3 is 3.06 bits per heavy atom. The lowest BCUT2D eigenvalue weighted by Crippen LogP contribution is -2.22. The number of hydrogen-bond acceptors (Lipinski definition) is 4. The van der Waals surface area contributed by atoms with Crippen LogP contribution >= 0.6 is 11.3 Å². The average Bonchev–Trinajstić information content (AvgIpc) is 2.78. The molecule has 0 fully saturated rings. The number of carbonyl (C=O) groups excluding carboxylic acids is 1. The normalized spacial score (nSPS) is 9.78. The van der Waals surface area contributed by atoms with Crippen molar-refractivity contribution in [1.82, 2.24) is 10.3 Å². The first-order chi connectivity index (χ1) is 8.70. The predicted molar refractivity (Wildman–Crippen MR) is 69.2 cm³/mol. The van der Waals surface area contributed by atoms with Crippen LogP contribution < -0.4 is 5.32 Å². The summed E-state index contributed by atoms with van der Waals surface area (Å²) in [6.07, 6.45) is 3.40. The predicted octanol–water partition coefficient (Wildman–Crippen LogP) is 2.25. The standard InChI is InChI=1S/C13H11N3OS/c1-9-5-11(6-14)18-12(9)13(17)16-8-10-3-2-4-15-7-10/h2-5,7H,8H2,1H3,(H,16,17). The summed E-state index contributed by atoms with van der Waals surface area (Å²) in [7, 11) is 0. The van der Waals surface area contributed by atoms with Crippen molar-refractivity contribution >= 4 is 17.2 Å². The number of nitrogens with one attached hydrogen (secondary N) is 1. The third kappa shape index (κ3) is 2.73. The monoisotopic (exact) mass is 257 g/mol. The van der Waals surface area contributed by atoms with E-state index in [1.165, 1.54) is 11.3 Å². The summed E-state index contributed by atoms with van der Waals surface area (Å²) in [6, 6.07) is 7.49. The molecule has 0 aromatic carbocycles. The molecule has 1 N–H and O–H groups in total. The van der Waals surface area contributed by atoms with Crippen LogP contribution in [0, 0.1) is 18.3 Å². The highest BCUT2D eigenvalue weighted by atomic mass is 32.1. The van der Waals surface area contributed by atoms with Crippen LogP contribution in [-0.2, 0) is 6.54 Å². The minimum atomic E-state index is -0.150. The van der Waals surface area contributed by atoms with E-state index in [0.29, 0.717) is 16.3 Å². The van der Waals surface area contributed by atoms with Crippen LogP contribution in [0.25, 0.3) is 0 Å². The van der Waals surface area contributed by atoms with Gasteiger partial charge in [0.25, 0.3) is 5.91 Å². The van der Waals surface area contributed by atoms with Gasteiger partial charge >= 0.3 is 0 Å². The summed E-state index contributed by atoms with van der Waals surface area (Å²) in [5.74, 6) is -0.150. The SMILES string of the molecule is Cc1cc(C#N)sc1C(=O)NCc1cccnc1. The summed E-state index contributed by atoms with van der Waals surface area (Å²) in [5, 5.41) is 11.6. The van der Waals surface area contributed by atoms with Crippen molar-refractivity contribution in [3.63, 3.8) is 0 Å². The molecule has 0 aliphatic carbocycles. The number of amides is 1. The molecule has 4 nitrogen and oxygen atoms in total. The summed E-state index contributed by atoms with van der Waals surface area (Å²) in [4.78, 5) is 17.1. The number of nitrogens with zero attached hydrogens (tertiary/aromatic N) is 2. The molecule has 18 heavy (non-hydrogen) atoms. The molecule has 0 aliphatic rings. The maximum absolute atomic E-state index is 11.9. The zero-order valence-corrected chi connectivity index (χ0v) is 10.6. The summed E-state index contributed by atoms with van der Waals surface area (Å²) < 4.78 is 0. The number of aryl methyl sites for hydroxylation is 1. The highest BCUT2D eigenvalue weighted by Crippen LogP contribution is 2.20. The fraction of sp³-hybridized carbons (Fsp3) is 0.154. The van der Waals surface area contributed by atoms with Gasteiger partial charge < -0.3 is 5.32 Å². The molecule has 2 rings (SSSR count). The highest BCUT2D eigenvalue weighted by molar-refractivity contribution is 7.14. The molecule has 0 aliphatic heterocycles. The second kappa shape index (κ2) is 5.43. The van der Waals surface area contributed by atoms with E-state index in [0.717, 1.165) is 11.1 Å². The Kier molecular flexibility index (Phi) is 3.70. The van der Waals surface area contributed by atoms with Gasteiger partial charge in [0.05, 0.1) is 4.88 Å². The van der Waals surface area contributed by atoms with Gasteiger partial charge in [0.15, 0.2) is 0 Å². The number of carbonyl (C=O) groups is 1. The zero-order chi connectivity index (χ0) is 13.0. The first kappa shape index (κ1) is 12.3. The number of aromatic nitrogens is 1. The van der Waals surface area contributed by atoms with Crippen LogP contribution in [0.3, 0.4) is 0 Å². The maximum atomic E-state index is 11.9. The lowest BCUT2D eigenvalue weighted by molar-refractivity contribution is 0.0954. The van der Waals surface area contributed by atoms with E-state index in [9.17, 15) is 4.79 Å². The number of rotatable bonds is 3. The molecule has 2 aromatic rings. The number of hydrogen-bond donors (Lipinski definition) is 1. The molecule has 0 unspecified atom stereocenters. The molecule has 0 spiro atoms. The molecule has 0 radical (unpaired) electrons. The summed E-state index contributed by atoms with van der Waals surface area (Å²) in [5.41, 5.74) is 1.78. The van der Waals surface area contributed by atoms with Crippen LogP contribution in [0.5, 0.6) is 0 Å². The van der Waals surface area contributed by atoms with Crippen molar-refractivity contribution in [2.24, 2.45) is 0 Å². The second-order valence-corrected chi connectivity index (χ2v) is 4.83. The van der Waals surface area contributed by atoms with Crippen molar-refractivity contribution in [3.05, 3.63) is 51.5 Å². The minimum Gasteiger partial charge on any atom is -0.347 e. The molecular weight excluding hydrogens is 246 g/mol. The van der Waals surface area contributed by atoms with E-state index in [-0.39, 0.29) is 5.91 Å². The van der Waals surface area contributed by atoms with Crippen LogP contribution in [0.15, 0.2) is 30.6 Å². The number of nitriles is 1. The molecule has 90 valence electrons. The quantitative estimate of drug-likeness (QED) is 0.917. The third-order valence-electron chi connectivity index (χ3n) is 2.41. The Labute approximate surface area is 109 Å². The molecule has 5 heteroatoms. The first-order valence-corrected chi connectivity index (χ1v) is 6.20. The molecule has 1 amide bonds. The first-order valence-electron chi connectivity index (χ1n) is 5.38. The summed E-state index contributed by atoms with van der Waals surface area (Å²) in [6.45, 7) is 2.27. The van der Waals surface area contributed by atoms with Crippen LogP contribution in [0.4, 0.5) is 0 Å². The fourth-order valence-electron chi connectivity index (χ4n) is 1.53. The topological polar surface area (TPSA) is 65.8 Å². The number of thiophene rings is 1. The lowest BCUT2D eigenvalue weighted by Gasteiger charge is -2.03. The Morgan fingerprint density at radius 2 is 2.44 bits per heavy atom. The van der Waals surface area contributed by atoms with Crippen molar-refractivity contribution in [2.45, 2.75) is 13.5 Å². The Balaban J connectivity index is 2.04. The molecule has 0 saturated heterocycles. The number of pyridine rings is 1. The van der Waals surface area contributed by atoms with Crippen molar-refractivity contribution in [1.29, 1.82) is 5.26 Å². The van der Waals surface area contributed by atoms with E-state index < -0.39 is 0 Å². The second-order valence-electron chi connectivity index (χ2n) is 3.78. The third-order valence-corrected chi connectivity index (χ3v) is 3.55. The molecular formula is C13H11N3OS. The van der Waals surface area contributed by atoms with Gasteiger partial charge in [-0.1, -0.05) is 6.07 Å². The molecule has 2 aromatic heterocycles. The molecule has 0 bridgehead atoms. The zero-order valence-electron chi connectivity index (χ0n) is 9.80. The van der Waals surface area contributed by atoms with Gasteiger partial charge in [-0.3, -0.25) is 9.78 Å². The van der Waals surface area contributed by atoms with E-state index >= 15 is 0 Å². The van der Waals surface area contributed by atoms with Gasteiger partial charge in [-0.25, -0.2) is 0 Å². The smallest absolute Gasteiger partial charge is 0.261 e. The fourth-order valence-corrected chi connectivity index (χ4v) is 2.41. The van der Waals surface area contributed by atoms with Gasteiger partial charge in [0.1, 0.15) is 10.9 Å². The Morgan fingerprint density at radius 1 is 1.61 bits per heavy atom. The van der Waals surface area contributed by atoms with Crippen LogP contribution in [0.1, 0.15) is 25.7 Å². The van der Waals surface area contributed by atoms with Crippen LogP contribution in [-0.4, -0.2) is 10.9 Å². The van der Waals surface area contributed by atoms with Gasteiger partial charge in [0, 0.05) is 18.9 Å². The lowest BCUT2D eigenvalue weighted by atomic mass is 10.2. The van der Waals surface area contributed by atoms with Gasteiger partial charge in [-0.05, 0) is 30.2 Å². The Bertz CT molecular complexity index is 598. The van der Waals surface area contributed by atoms with E-state index in [1.807, 2.05) is 25.1 Å². The van der Waals surface area contributed by atoms with E-state index in [2.05, 4.69) is 10.3 Å². The van der Waals surface area contributed by atoms with Gasteiger partial charge in [-0.2, -0.15) is 5.26 Å². The largest absolute Gasteiger partial charge is 0.347 e. The minimum absolute atomic E-state index is 0.150. The maximum Gasteiger partial charge on any atom is 0.261 e. The van der Waals surface area contributed by atoms with Crippen molar-refractivity contribution < 1.29 is 4.79 Å². The van der Waals surface area contributed by atoms with Gasteiger partial charge in [0.2, 0.25) is 0 Å². The Hall–Kier alpha value is -2.19. The average molecular weight is 257 g/mol. The van der Waals surface area contributed by atoms with E-state index in [1.54, 1.807) is 18.5 Å². The molecule has 0 saturated carbocycles. The highest BCUT2D eigenvalue weighted by Gasteiger charge is 2.13.